The smallest absolute Gasteiger partial charge is 0.0456 e. The molecule has 1 saturated heterocycles. The van der Waals surface area contributed by atoms with Crippen molar-refractivity contribution in [2.24, 2.45) is 5.92 Å². The molecule has 0 radical (unpaired) electrons. The second kappa shape index (κ2) is 5.84. The molecule has 2 aliphatic rings. The summed E-state index contributed by atoms with van der Waals surface area (Å²) in [6.07, 6.45) is 10.8. The summed E-state index contributed by atoms with van der Waals surface area (Å²) >= 11 is 0. The normalized spacial score (nSPS) is 22.3. The van der Waals surface area contributed by atoms with E-state index in [9.17, 15) is 0 Å². The zero-order valence-corrected chi connectivity index (χ0v) is 12.9. The van der Waals surface area contributed by atoms with E-state index in [0.717, 1.165) is 11.8 Å². The van der Waals surface area contributed by atoms with Gasteiger partial charge in [-0.1, -0.05) is 31.0 Å². The van der Waals surface area contributed by atoms with Gasteiger partial charge >= 0.3 is 0 Å². The SMILES string of the molecule is c1ccc2c(C3CCN(CC4CCCC4)CC3)c[nH]c2c1. The lowest BCUT2D eigenvalue weighted by molar-refractivity contribution is 0.184. The van der Waals surface area contributed by atoms with Crippen molar-refractivity contribution in [1.82, 2.24) is 9.88 Å². The zero-order valence-electron chi connectivity index (χ0n) is 12.9. The third-order valence-electron chi connectivity index (χ3n) is 5.64. The summed E-state index contributed by atoms with van der Waals surface area (Å²) < 4.78 is 0. The van der Waals surface area contributed by atoms with Crippen molar-refractivity contribution in [2.45, 2.75) is 44.4 Å². The number of nitrogens with one attached hydrogen (secondary N) is 1. The first-order chi connectivity index (χ1) is 10.4. The van der Waals surface area contributed by atoms with Crippen LogP contribution in [0, 0.1) is 5.92 Å². The molecule has 0 unspecified atom stereocenters. The minimum absolute atomic E-state index is 0.751. The van der Waals surface area contributed by atoms with Crippen molar-refractivity contribution in [3.63, 3.8) is 0 Å². The summed E-state index contributed by atoms with van der Waals surface area (Å²) in [5.74, 6) is 1.75. The lowest BCUT2D eigenvalue weighted by atomic mass is 9.89. The maximum Gasteiger partial charge on any atom is 0.0456 e. The molecule has 21 heavy (non-hydrogen) atoms. The summed E-state index contributed by atoms with van der Waals surface area (Å²) in [5, 5.41) is 1.44. The Bertz CT molecular complexity index is 586. The molecule has 2 heteroatoms. The zero-order chi connectivity index (χ0) is 14.1. The number of H-pyrrole nitrogens is 1. The Morgan fingerprint density at radius 2 is 1.76 bits per heavy atom. The molecule has 0 amide bonds. The van der Waals surface area contributed by atoms with E-state index in [0.29, 0.717) is 0 Å². The van der Waals surface area contributed by atoms with Gasteiger partial charge in [0.2, 0.25) is 0 Å². The monoisotopic (exact) mass is 282 g/mol. The summed E-state index contributed by atoms with van der Waals surface area (Å²) in [6, 6.07) is 8.74. The van der Waals surface area contributed by atoms with Crippen LogP contribution in [-0.2, 0) is 0 Å². The van der Waals surface area contributed by atoms with E-state index >= 15 is 0 Å². The van der Waals surface area contributed by atoms with Gasteiger partial charge in [-0.3, -0.25) is 0 Å². The van der Waals surface area contributed by atoms with E-state index in [4.69, 9.17) is 0 Å². The van der Waals surface area contributed by atoms with Gasteiger partial charge in [0.1, 0.15) is 0 Å². The fourth-order valence-electron chi connectivity index (χ4n) is 4.42. The van der Waals surface area contributed by atoms with E-state index in [1.165, 1.54) is 69.1 Å². The van der Waals surface area contributed by atoms with Crippen LogP contribution in [0.15, 0.2) is 30.5 Å². The first-order valence-electron chi connectivity index (χ1n) is 8.68. The number of piperidine rings is 1. The highest BCUT2D eigenvalue weighted by Crippen LogP contribution is 2.34. The molecule has 0 atom stereocenters. The maximum atomic E-state index is 3.44. The summed E-state index contributed by atoms with van der Waals surface area (Å²) in [5.41, 5.74) is 2.84. The molecule has 4 rings (SSSR count). The van der Waals surface area contributed by atoms with Crippen LogP contribution in [0.3, 0.4) is 0 Å². The Labute approximate surface area is 127 Å². The Morgan fingerprint density at radius 1 is 1.00 bits per heavy atom. The van der Waals surface area contributed by atoms with Gasteiger partial charge in [-0.15, -0.1) is 0 Å². The number of hydrogen-bond acceptors (Lipinski definition) is 1. The number of rotatable bonds is 3. The largest absolute Gasteiger partial charge is 0.361 e. The average Bonchev–Trinajstić information content (AvgIpc) is 3.17. The maximum absolute atomic E-state index is 3.44. The van der Waals surface area contributed by atoms with Gasteiger partial charge in [0.15, 0.2) is 0 Å². The van der Waals surface area contributed by atoms with Crippen LogP contribution < -0.4 is 0 Å². The van der Waals surface area contributed by atoms with Gasteiger partial charge in [0.05, 0.1) is 0 Å². The second-order valence-electron chi connectivity index (χ2n) is 7.01. The van der Waals surface area contributed by atoms with Crippen molar-refractivity contribution in [1.29, 1.82) is 0 Å². The topological polar surface area (TPSA) is 19.0 Å². The molecule has 1 aromatic carbocycles. The molecule has 112 valence electrons. The molecular formula is C19H26N2. The quantitative estimate of drug-likeness (QED) is 0.876. The molecule has 1 aromatic heterocycles. The van der Waals surface area contributed by atoms with E-state index in [1.807, 2.05) is 0 Å². The van der Waals surface area contributed by atoms with E-state index in [2.05, 4.69) is 40.3 Å². The average molecular weight is 282 g/mol. The first-order valence-corrected chi connectivity index (χ1v) is 8.68. The number of nitrogens with zero attached hydrogens (tertiary/aromatic N) is 1. The lowest BCUT2D eigenvalue weighted by Gasteiger charge is -2.33. The van der Waals surface area contributed by atoms with Gasteiger partial charge in [-0.05, 0) is 62.2 Å². The minimum Gasteiger partial charge on any atom is -0.361 e. The molecule has 2 fully saturated rings. The number of benzene rings is 1. The van der Waals surface area contributed by atoms with Crippen molar-refractivity contribution in [3.05, 3.63) is 36.0 Å². The molecule has 1 N–H and O–H groups in total. The molecule has 1 saturated carbocycles. The Morgan fingerprint density at radius 3 is 2.57 bits per heavy atom. The Kier molecular flexibility index (Phi) is 3.72. The van der Waals surface area contributed by atoms with Crippen LogP contribution in [0.2, 0.25) is 0 Å². The number of likely N-dealkylation sites (tertiary alicyclic amines) is 1. The second-order valence-corrected chi connectivity index (χ2v) is 7.01. The van der Waals surface area contributed by atoms with Crippen LogP contribution >= 0.6 is 0 Å². The van der Waals surface area contributed by atoms with E-state index in [1.54, 1.807) is 5.56 Å². The predicted molar refractivity (Wildman–Crippen MR) is 88.7 cm³/mol. The highest BCUT2D eigenvalue weighted by molar-refractivity contribution is 5.83. The number of para-hydroxylation sites is 1. The van der Waals surface area contributed by atoms with Crippen LogP contribution in [0.1, 0.15) is 50.0 Å². The highest BCUT2D eigenvalue weighted by Gasteiger charge is 2.25. The molecular weight excluding hydrogens is 256 g/mol. The number of fused-ring (bicyclic) bond motifs is 1. The molecule has 1 aliphatic heterocycles. The standard InChI is InChI=1S/C19H26N2/c1-2-6-15(5-1)14-21-11-9-16(10-12-21)18-13-20-19-8-4-3-7-17(18)19/h3-4,7-8,13,15-16,20H,1-2,5-6,9-12,14H2. The molecule has 2 aromatic rings. The van der Waals surface area contributed by atoms with Crippen LogP contribution in [0.25, 0.3) is 10.9 Å². The van der Waals surface area contributed by atoms with Crippen molar-refractivity contribution >= 4 is 10.9 Å². The van der Waals surface area contributed by atoms with Gasteiger partial charge in [-0.2, -0.15) is 0 Å². The first kappa shape index (κ1) is 13.4. The van der Waals surface area contributed by atoms with Crippen LogP contribution in [0.4, 0.5) is 0 Å². The Balaban J connectivity index is 1.40. The van der Waals surface area contributed by atoms with Crippen molar-refractivity contribution in [3.8, 4) is 0 Å². The van der Waals surface area contributed by atoms with Gasteiger partial charge in [0, 0.05) is 23.6 Å². The number of hydrogen-bond donors (Lipinski definition) is 1. The third-order valence-corrected chi connectivity index (χ3v) is 5.64. The fourth-order valence-corrected chi connectivity index (χ4v) is 4.42. The van der Waals surface area contributed by atoms with E-state index < -0.39 is 0 Å². The third kappa shape index (κ3) is 2.74. The molecule has 2 nitrogen and oxygen atoms in total. The number of aromatic nitrogens is 1. The molecule has 2 heterocycles. The van der Waals surface area contributed by atoms with Crippen molar-refractivity contribution < 1.29 is 0 Å². The fraction of sp³-hybridized carbons (Fsp3) is 0.579. The van der Waals surface area contributed by atoms with Crippen molar-refractivity contribution in [2.75, 3.05) is 19.6 Å². The predicted octanol–water partition coefficient (Wildman–Crippen LogP) is 4.54. The van der Waals surface area contributed by atoms with Gasteiger partial charge < -0.3 is 9.88 Å². The minimum atomic E-state index is 0.751. The Hall–Kier alpha value is -1.28. The molecule has 0 bridgehead atoms. The molecule has 0 spiro atoms. The highest BCUT2D eigenvalue weighted by atomic mass is 15.1. The number of aromatic amines is 1. The van der Waals surface area contributed by atoms with Crippen LogP contribution in [-0.4, -0.2) is 29.5 Å². The molecule has 1 aliphatic carbocycles. The van der Waals surface area contributed by atoms with Crippen LogP contribution in [0.5, 0.6) is 0 Å². The van der Waals surface area contributed by atoms with E-state index in [-0.39, 0.29) is 0 Å². The summed E-state index contributed by atoms with van der Waals surface area (Å²) in [6.45, 7) is 3.95. The van der Waals surface area contributed by atoms with Gasteiger partial charge in [-0.25, -0.2) is 0 Å². The summed E-state index contributed by atoms with van der Waals surface area (Å²) in [7, 11) is 0. The summed E-state index contributed by atoms with van der Waals surface area (Å²) in [4.78, 5) is 6.17. The lowest BCUT2D eigenvalue weighted by Crippen LogP contribution is -2.36. The van der Waals surface area contributed by atoms with Gasteiger partial charge in [0.25, 0.3) is 0 Å².